The van der Waals surface area contributed by atoms with E-state index in [0.717, 1.165) is 10.6 Å². The third kappa shape index (κ3) is 4.68. The lowest BCUT2D eigenvalue weighted by Crippen LogP contribution is -2.43. The molecule has 0 aliphatic carbocycles. The van der Waals surface area contributed by atoms with Crippen molar-refractivity contribution in [1.29, 1.82) is 0 Å². The highest BCUT2D eigenvalue weighted by atomic mass is 35.5. The summed E-state index contributed by atoms with van der Waals surface area (Å²) in [6, 6.07) is 5.62. The Morgan fingerprint density at radius 1 is 1.33 bits per heavy atom. The van der Waals surface area contributed by atoms with Crippen molar-refractivity contribution in [1.82, 2.24) is 4.31 Å². The molecule has 1 amide bonds. The van der Waals surface area contributed by atoms with Crippen LogP contribution >= 0.6 is 11.6 Å². The number of hydrogen-bond acceptors (Lipinski definition) is 5. The van der Waals surface area contributed by atoms with Gasteiger partial charge in [-0.2, -0.15) is 4.31 Å². The number of nitrogens with zero attached hydrogens (tertiary/aromatic N) is 1. The molecule has 1 aromatic rings. The van der Waals surface area contributed by atoms with Gasteiger partial charge >= 0.3 is 5.97 Å². The Bertz CT molecular complexity index is 720. The smallest absolute Gasteiger partial charge is 0.325 e. The van der Waals surface area contributed by atoms with Gasteiger partial charge in [0, 0.05) is 17.3 Å². The number of carbonyl (C=O) groups is 2. The quantitative estimate of drug-likeness (QED) is 0.791. The number of sulfonamides is 1. The highest BCUT2D eigenvalue weighted by molar-refractivity contribution is 7.88. The first-order valence-corrected chi connectivity index (χ1v) is 9.65. The van der Waals surface area contributed by atoms with E-state index in [1.54, 1.807) is 24.3 Å². The average molecular weight is 375 g/mol. The van der Waals surface area contributed by atoms with Crippen molar-refractivity contribution in [3.05, 3.63) is 29.3 Å². The van der Waals surface area contributed by atoms with E-state index in [4.69, 9.17) is 16.3 Å². The van der Waals surface area contributed by atoms with E-state index in [9.17, 15) is 18.0 Å². The lowest BCUT2D eigenvalue weighted by Gasteiger charge is -2.22. The summed E-state index contributed by atoms with van der Waals surface area (Å²) in [5.41, 5.74) is 0.519. The predicted octanol–water partition coefficient (Wildman–Crippen LogP) is 1.63. The number of ether oxygens (including phenoxy) is 1. The van der Waals surface area contributed by atoms with Crippen molar-refractivity contribution in [2.24, 2.45) is 0 Å². The highest BCUT2D eigenvalue weighted by Crippen LogP contribution is 2.22. The molecule has 1 aromatic carbocycles. The first-order chi connectivity index (χ1) is 11.2. The lowest BCUT2D eigenvalue weighted by molar-refractivity contribution is -0.156. The van der Waals surface area contributed by atoms with Crippen LogP contribution in [0.4, 0.5) is 5.69 Å². The number of hydrogen-bond donors (Lipinski definition) is 1. The molecule has 1 saturated heterocycles. The molecular formula is C15H19ClN2O5S. The number of halogens is 1. The third-order valence-electron chi connectivity index (χ3n) is 3.68. The van der Waals surface area contributed by atoms with Crippen molar-refractivity contribution >= 4 is 39.2 Å². The van der Waals surface area contributed by atoms with Crippen molar-refractivity contribution < 1.29 is 22.7 Å². The number of esters is 1. The largest absolute Gasteiger partial charge is 0.451 e. The van der Waals surface area contributed by atoms with Gasteiger partial charge in [0.1, 0.15) is 6.04 Å². The minimum absolute atomic E-state index is 0.282. The number of amides is 1. The molecule has 7 nitrogen and oxygen atoms in total. The van der Waals surface area contributed by atoms with E-state index < -0.39 is 34.0 Å². The molecule has 1 heterocycles. The zero-order chi connectivity index (χ0) is 17.9. The molecule has 2 rings (SSSR count). The van der Waals surface area contributed by atoms with E-state index >= 15 is 0 Å². The maximum Gasteiger partial charge on any atom is 0.325 e. The predicted molar refractivity (Wildman–Crippen MR) is 90.2 cm³/mol. The van der Waals surface area contributed by atoms with Gasteiger partial charge in [0.2, 0.25) is 10.0 Å². The normalized spacial score (nSPS) is 19.7. The highest BCUT2D eigenvalue weighted by Gasteiger charge is 2.38. The number of carbonyl (C=O) groups excluding carboxylic acids is 2. The summed E-state index contributed by atoms with van der Waals surface area (Å²) in [6.45, 7) is 1.72. The zero-order valence-electron chi connectivity index (χ0n) is 13.4. The van der Waals surface area contributed by atoms with Crippen molar-refractivity contribution in [2.75, 3.05) is 18.1 Å². The molecule has 132 valence electrons. The van der Waals surface area contributed by atoms with Crippen LogP contribution in [0.1, 0.15) is 19.8 Å². The summed E-state index contributed by atoms with van der Waals surface area (Å²) in [6.07, 6.45) is 0.973. The van der Waals surface area contributed by atoms with Crippen LogP contribution < -0.4 is 5.32 Å². The summed E-state index contributed by atoms with van der Waals surface area (Å²) in [5, 5.41) is 3.14. The Hall–Kier alpha value is -1.64. The third-order valence-corrected chi connectivity index (χ3v) is 5.22. The van der Waals surface area contributed by atoms with Crippen molar-refractivity contribution in [3.8, 4) is 0 Å². The van der Waals surface area contributed by atoms with Gasteiger partial charge in [0.25, 0.3) is 5.91 Å². The van der Waals surface area contributed by atoms with Gasteiger partial charge in [0.05, 0.1) is 6.26 Å². The Labute approximate surface area is 146 Å². The fraction of sp³-hybridized carbons (Fsp3) is 0.467. The molecule has 2 atom stereocenters. The molecule has 0 spiro atoms. The maximum absolute atomic E-state index is 12.2. The van der Waals surface area contributed by atoms with Gasteiger partial charge in [-0.25, -0.2) is 8.42 Å². The fourth-order valence-electron chi connectivity index (χ4n) is 2.46. The summed E-state index contributed by atoms with van der Waals surface area (Å²) < 4.78 is 29.6. The molecule has 24 heavy (non-hydrogen) atoms. The van der Waals surface area contributed by atoms with Gasteiger partial charge in [-0.3, -0.25) is 9.59 Å². The summed E-state index contributed by atoms with van der Waals surface area (Å²) in [7, 11) is -3.49. The molecular weight excluding hydrogens is 356 g/mol. The molecule has 1 aliphatic rings. The van der Waals surface area contributed by atoms with Gasteiger partial charge in [-0.15, -0.1) is 0 Å². The van der Waals surface area contributed by atoms with Crippen LogP contribution in [0.5, 0.6) is 0 Å². The Morgan fingerprint density at radius 3 is 2.54 bits per heavy atom. The molecule has 1 fully saturated rings. The Kier molecular flexibility index (Phi) is 5.84. The average Bonchev–Trinajstić information content (AvgIpc) is 2.99. The van der Waals surface area contributed by atoms with Crippen LogP contribution in [0.3, 0.4) is 0 Å². The summed E-state index contributed by atoms with van der Waals surface area (Å²) in [5.74, 6) is -1.22. The van der Waals surface area contributed by atoms with Gasteiger partial charge in [-0.05, 0) is 44.0 Å². The summed E-state index contributed by atoms with van der Waals surface area (Å²) in [4.78, 5) is 24.3. The van der Waals surface area contributed by atoms with Gasteiger partial charge < -0.3 is 10.1 Å². The van der Waals surface area contributed by atoms with Crippen LogP contribution in [-0.4, -0.2) is 49.5 Å². The van der Waals surface area contributed by atoms with Crippen molar-refractivity contribution in [2.45, 2.75) is 31.9 Å². The molecule has 0 saturated carbocycles. The SMILES string of the molecule is C[C@H](OC(=O)[C@@H]1CCCN1S(C)(=O)=O)C(=O)Nc1ccc(Cl)cc1. The van der Waals surface area contributed by atoms with Crippen LogP contribution in [-0.2, 0) is 24.3 Å². The first-order valence-electron chi connectivity index (χ1n) is 7.42. The van der Waals surface area contributed by atoms with Crippen LogP contribution in [0.15, 0.2) is 24.3 Å². The second-order valence-corrected chi connectivity index (χ2v) is 7.98. The van der Waals surface area contributed by atoms with Crippen LogP contribution in [0, 0.1) is 0 Å². The molecule has 0 unspecified atom stereocenters. The minimum atomic E-state index is -3.49. The number of anilines is 1. The monoisotopic (exact) mass is 374 g/mol. The topological polar surface area (TPSA) is 92.8 Å². The zero-order valence-corrected chi connectivity index (χ0v) is 14.9. The molecule has 0 radical (unpaired) electrons. The van der Waals surface area contributed by atoms with E-state index in [1.165, 1.54) is 6.92 Å². The van der Waals surface area contributed by atoms with E-state index in [0.29, 0.717) is 23.6 Å². The van der Waals surface area contributed by atoms with Crippen LogP contribution in [0.25, 0.3) is 0 Å². The number of rotatable bonds is 5. The summed E-state index contributed by atoms with van der Waals surface area (Å²) >= 11 is 5.77. The molecule has 9 heteroatoms. The Morgan fingerprint density at radius 2 is 1.96 bits per heavy atom. The number of benzene rings is 1. The second-order valence-electron chi connectivity index (χ2n) is 5.61. The van der Waals surface area contributed by atoms with Crippen molar-refractivity contribution in [3.63, 3.8) is 0 Å². The van der Waals surface area contributed by atoms with E-state index in [1.807, 2.05) is 0 Å². The standard InChI is InChI=1S/C15H19ClN2O5S/c1-10(14(19)17-12-7-5-11(16)6-8-12)23-15(20)13-4-3-9-18(13)24(2,21)22/h5-8,10,13H,3-4,9H2,1-2H3,(H,17,19)/t10-,13-/m0/s1. The van der Waals surface area contributed by atoms with Gasteiger partial charge in [0.15, 0.2) is 6.10 Å². The lowest BCUT2D eigenvalue weighted by atomic mass is 10.2. The van der Waals surface area contributed by atoms with Gasteiger partial charge in [-0.1, -0.05) is 11.6 Å². The number of nitrogens with one attached hydrogen (secondary N) is 1. The van der Waals surface area contributed by atoms with E-state index in [-0.39, 0.29) is 6.54 Å². The van der Waals surface area contributed by atoms with E-state index in [2.05, 4.69) is 5.32 Å². The second kappa shape index (κ2) is 7.50. The molecule has 1 aliphatic heterocycles. The minimum Gasteiger partial charge on any atom is -0.451 e. The molecule has 0 aromatic heterocycles. The Balaban J connectivity index is 1.95. The fourth-order valence-corrected chi connectivity index (χ4v) is 3.70. The first kappa shape index (κ1) is 18.7. The molecule has 1 N–H and O–H groups in total. The van der Waals surface area contributed by atoms with Crippen LogP contribution in [0.2, 0.25) is 5.02 Å². The molecule has 0 bridgehead atoms. The maximum atomic E-state index is 12.2.